The van der Waals surface area contributed by atoms with Gasteiger partial charge in [-0.1, -0.05) is 0 Å². The average molecular weight is 402 g/mol. The Morgan fingerprint density at radius 1 is 1.22 bits per heavy atom. The van der Waals surface area contributed by atoms with E-state index < -0.39 is 10.0 Å². The molecule has 1 aliphatic rings. The minimum absolute atomic E-state index is 0.149. The summed E-state index contributed by atoms with van der Waals surface area (Å²) in [4.78, 5) is 13.8. The molecule has 0 unspecified atom stereocenters. The molecule has 1 aromatic carbocycles. The van der Waals surface area contributed by atoms with Crippen LogP contribution in [-0.2, 0) is 24.3 Å². The van der Waals surface area contributed by atoms with Gasteiger partial charge in [0.15, 0.2) is 6.61 Å². The topological polar surface area (TPSA) is 106 Å². The Morgan fingerprint density at radius 2 is 1.89 bits per heavy atom. The van der Waals surface area contributed by atoms with Crippen molar-refractivity contribution in [2.75, 3.05) is 66.3 Å². The van der Waals surface area contributed by atoms with E-state index in [1.807, 2.05) is 0 Å². The number of benzene rings is 1. The van der Waals surface area contributed by atoms with Crippen LogP contribution in [0.2, 0.25) is 0 Å². The molecule has 1 N–H and O–H groups in total. The van der Waals surface area contributed by atoms with Gasteiger partial charge < -0.3 is 24.2 Å². The lowest BCUT2D eigenvalue weighted by atomic mass is 10.3. The predicted molar refractivity (Wildman–Crippen MR) is 97.1 cm³/mol. The summed E-state index contributed by atoms with van der Waals surface area (Å²) in [6.07, 6.45) is 0. The van der Waals surface area contributed by atoms with E-state index in [0.29, 0.717) is 45.2 Å². The summed E-state index contributed by atoms with van der Waals surface area (Å²) in [5, 5.41) is 9.04. The number of carbonyl (C=O) groups excluding carboxylic acids is 1. The van der Waals surface area contributed by atoms with E-state index in [-0.39, 0.29) is 30.6 Å². The molecule has 152 valence electrons. The van der Waals surface area contributed by atoms with Crippen molar-refractivity contribution in [3.8, 4) is 5.75 Å². The van der Waals surface area contributed by atoms with Crippen LogP contribution in [0.4, 0.5) is 0 Å². The Labute approximate surface area is 159 Å². The number of hydrogen-bond donors (Lipinski definition) is 1. The van der Waals surface area contributed by atoms with Crippen molar-refractivity contribution in [3.63, 3.8) is 0 Å². The first-order valence-corrected chi connectivity index (χ1v) is 10.1. The van der Waals surface area contributed by atoms with Gasteiger partial charge in [-0.3, -0.25) is 4.79 Å². The Hall–Kier alpha value is -1.72. The maximum atomic E-state index is 12.6. The first kappa shape index (κ1) is 21.6. The third-order valence-corrected chi connectivity index (χ3v) is 5.99. The fraction of sp³-hybridized carbons (Fsp3) is 0.588. The average Bonchev–Trinajstić information content (AvgIpc) is 2.70. The molecule has 9 nitrogen and oxygen atoms in total. The standard InChI is InChI=1S/C17H26N2O7S/c1-24-11-7-18(6-10-20)17(21)14-26-15-2-4-16(5-3-15)27(22,23)19-8-12-25-13-9-19/h2-5,20H,6-14H2,1H3. The summed E-state index contributed by atoms with van der Waals surface area (Å²) in [6, 6.07) is 5.96. The molecule has 1 aliphatic heterocycles. The second kappa shape index (κ2) is 10.6. The van der Waals surface area contributed by atoms with E-state index in [0.717, 1.165) is 0 Å². The van der Waals surface area contributed by atoms with Crippen molar-refractivity contribution < 1.29 is 32.5 Å². The maximum absolute atomic E-state index is 12.6. The van der Waals surface area contributed by atoms with E-state index in [1.165, 1.54) is 40.6 Å². The van der Waals surface area contributed by atoms with Gasteiger partial charge in [0.25, 0.3) is 5.91 Å². The van der Waals surface area contributed by atoms with E-state index in [1.54, 1.807) is 0 Å². The molecule has 2 rings (SSSR count). The molecule has 0 aromatic heterocycles. The molecular formula is C17H26N2O7S. The third kappa shape index (κ3) is 6.15. The monoisotopic (exact) mass is 402 g/mol. The Bertz CT molecular complexity index is 688. The molecule has 10 heteroatoms. The SMILES string of the molecule is COCCN(CCO)C(=O)COc1ccc(S(=O)(=O)N2CCOCC2)cc1. The number of rotatable bonds is 10. The van der Waals surface area contributed by atoms with Crippen molar-refractivity contribution in [1.29, 1.82) is 0 Å². The number of morpholine rings is 1. The first-order valence-electron chi connectivity index (χ1n) is 8.67. The summed E-state index contributed by atoms with van der Waals surface area (Å²) >= 11 is 0. The smallest absolute Gasteiger partial charge is 0.260 e. The molecule has 0 atom stereocenters. The van der Waals surface area contributed by atoms with Crippen LogP contribution in [0.3, 0.4) is 0 Å². The number of carbonyl (C=O) groups is 1. The molecule has 0 aliphatic carbocycles. The molecule has 27 heavy (non-hydrogen) atoms. The molecule has 1 heterocycles. The zero-order valence-electron chi connectivity index (χ0n) is 15.4. The van der Waals surface area contributed by atoms with E-state index in [2.05, 4.69) is 0 Å². The summed E-state index contributed by atoms with van der Waals surface area (Å²) in [6.45, 7) is 1.99. The van der Waals surface area contributed by atoms with Crippen LogP contribution in [0.15, 0.2) is 29.2 Å². The quantitative estimate of drug-likeness (QED) is 0.565. The number of ether oxygens (including phenoxy) is 3. The lowest BCUT2D eigenvalue weighted by molar-refractivity contribution is -0.134. The predicted octanol–water partition coefficient (Wildman–Crippen LogP) is -0.446. The molecule has 1 aromatic rings. The number of aliphatic hydroxyl groups is 1. The molecule has 1 fully saturated rings. The molecule has 1 saturated heterocycles. The van der Waals surface area contributed by atoms with Gasteiger partial charge in [-0.25, -0.2) is 8.42 Å². The van der Waals surface area contributed by atoms with Crippen LogP contribution in [-0.4, -0.2) is 95.0 Å². The molecular weight excluding hydrogens is 376 g/mol. The zero-order valence-corrected chi connectivity index (χ0v) is 16.2. The molecule has 0 spiro atoms. The molecule has 0 radical (unpaired) electrons. The zero-order chi connectivity index (χ0) is 19.7. The normalized spacial score (nSPS) is 15.5. The minimum Gasteiger partial charge on any atom is -0.484 e. The molecule has 1 amide bonds. The van der Waals surface area contributed by atoms with Crippen LogP contribution < -0.4 is 4.74 Å². The highest BCUT2D eigenvalue weighted by atomic mass is 32.2. The van der Waals surface area contributed by atoms with Crippen molar-refractivity contribution >= 4 is 15.9 Å². The molecule has 0 bridgehead atoms. The van der Waals surface area contributed by atoms with Crippen LogP contribution in [0.1, 0.15) is 0 Å². The Kier molecular flexibility index (Phi) is 8.45. The number of sulfonamides is 1. The second-order valence-corrected chi connectivity index (χ2v) is 7.81. The van der Waals surface area contributed by atoms with Gasteiger partial charge in [0.1, 0.15) is 5.75 Å². The summed E-state index contributed by atoms with van der Waals surface area (Å²) < 4.78 is 42.1. The van der Waals surface area contributed by atoms with Crippen molar-refractivity contribution in [2.45, 2.75) is 4.90 Å². The largest absolute Gasteiger partial charge is 0.484 e. The summed E-state index contributed by atoms with van der Waals surface area (Å²) in [5.74, 6) is 0.103. The fourth-order valence-corrected chi connectivity index (χ4v) is 3.97. The highest BCUT2D eigenvalue weighted by Crippen LogP contribution is 2.20. The summed E-state index contributed by atoms with van der Waals surface area (Å²) in [7, 11) is -2.03. The third-order valence-electron chi connectivity index (χ3n) is 4.08. The van der Waals surface area contributed by atoms with Crippen molar-refractivity contribution in [2.24, 2.45) is 0 Å². The number of amides is 1. The van der Waals surface area contributed by atoms with Gasteiger partial charge in [0, 0.05) is 33.3 Å². The first-order chi connectivity index (χ1) is 13.0. The molecule has 0 saturated carbocycles. The number of nitrogens with zero attached hydrogens (tertiary/aromatic N) is 2. The minimum atomic E-state index is -3.56. The summed E-state index contributed by atoms with van der Waals surface area (Å²) in [5.41, 5.74) is 0. The van der Waals surface area contributed by atoms with Gasteiger partial charge in [0.05, 0.1) is 31.3 Å². The fourth-order valence-electron chi connectivity index (χ4n) is 2.56. The van der Waals surface area contributed by atoms with Crippen LogP contribution in [0.5, 0.6) is 5.75 Å². The lowest BCUT2D eigenvalue weighted by Crippen LogP contribution is -2.40. The van der Waals surface area contributed by atoms with Crippen LogP contribution in [0, 0.1) is 0 Å². The van der Waals surface area contributed by atoms with Gasteiger partial charge in [-0.15, -0.1) is 0 Å². The lowest BCUT2D eigenvalue weighted by Gasteiger charge is -2.26. The van der Waals surface area contributed by atoms with E-state index in [9.17, 15) is 13.2 Å². The Morgan fingerprint density at radius 3 is 2.48 bits per heavy atom. The number of hydrogen-bond acceptors (Lipinski definition) is 7. The van der Waals surface area contributed by atoms with Gasteiger partial charge >= 0.3 is 0 Å². The Balaban J connectivity index is 1.93. The van der Waals surface area contributed by atoms with Crippen molar-refractivity contribution in [3.05, 3.63) is 24.3 Å². The van der Waals surface area contributed by atoms with Crippen molar-refractivity contribution in [1.82, 2.24) is 9.21 Å². The maximum Gasteiger partial charge on any atom is 0.260 e. The van der Waals surface area contributed by atoms with Gasteiger partial charge in [-0.2, -0.15) is 4.31 Å². The van der Waals surface area contributed by atoms with Crippen LogP contribution in [0.25, 0.3) is 0 Å². The van der Waals surface area contributed by atoms with Crippen LogP contribution >= 0.6 is 0 Å². The highest BCUT2D eigenvalue weighted by Gasteiger charge is 2.26. The van der Waals surface area contributed by atoms with Gasteiger partial charge in [-0.05, 0) is 24.3 Å². The number of methoxy groups -OCH3 is 1. The van der Waals surface area contributed by atoms with Gasteiger partial charge in [0.2, 0.25) is 10.0 Å². The second-order valence-electron chi connectivity index (χ2n) is 5.87. The van der Waals surface area contributed by atoms with E-state index >= 15 is 0 Å². The highest BCUT2D eigenvalue weighted by molar-refractivity contribution is 7.89. The van der Waals surface area contributed by atoms with E-state index in [4.69, 9.17) is 19.3 Å². The number of aliphatic hydroxyl groups excluding tert-OH is 1.